The summed E-state index contributed by atoms with van der Waals surface area (Å²) in [4.78, 5) is 4.83. The molecule has 0 radical (unpaired) electrons. The molecule has 0 aliphatic carbocycles. The van der Waals surface area contributed by atoms with E-state index in [0.29, 0.717) is 12.5 Å². The van der Waals surface area contributed by atoms with Gasteiger partial charge in [-0.15, -0.1) is 0 Å². The van der Waals surface area contributed by atoms with Gasteiger partial charge < -0.3 is 10.6 Å². The van der Waals surface area contributed by atoms with Crippen molar-refractivity contribution in [2.45, 2.75) is 39.7 Å². The van der Waals surface area contributed by atoms with Crippen LogP contribution in [-0.2, 0) is 20.0 Å². The average Bonchev–Trinajstić information content (AvgIpc) is 3.01. The second kappa shape index (κ2) is 10.6. The zero-order valence-corrected chi connectivity index (χ0v) is 18.5. The lowest BCUT2D eigenvalue weighted by Crippen LogP contribution is -2.39. The lowest BCUT2D eigenvalue weighted by atomic mass is 9.92. The molecule has 0 aliphatic heterocycles. The Morgan fingerprint density at radius 2 is 1.67 bits per heavy atom. The molecule has 1 unspecified atom stereocenters. The number of hydrogen-bond donors (Lipinski definition) is 2. The van der Waals surface area contributed by atoms with Gasteiger partial charge in [-0.25, -0.2) is 4.99 Å². The van der Waals surface area contributed by atoms with Gasteiger partial charge in [0.2, 0.25) is 0 Å². The van der Waals surface area contributed by atoms with Gasteiger partial charge in [0.1, 0.15) is 0 Å². The Balaban J connectivity index is 1.73. The summed E-state index contributed by atoms with van der Waals surface area (Å²) in [5, 5.41) is 11.4. The van der Waals surface area contributed by atoms with Gasteiger partial charge in [0.25, 0.3) is 0 Å². The predicted molar refractivity (Wildman–Crippen MR) is 125 cm³/mol. The summed E-state index contributed by atoms with van der Waals surface area (Å²) in [5.41, 5.74) is 6.08. The summed E-state index contributed by atoms with van der Waals surface area (Å²) >= 11 is 0. The number of hydrogen-bond acceptors (Lipinski definition) is 2. The summed E-state index contributed by atoms with van der Waals surface area (Å²) in [6, 6.07) is 21.4. The summed E-state index contributed by atoms with van der Waals surface area (Å²) in [5.74, 6) is 1.20. The van der Waals surface area contributed by atoms with Crippen molar-refractivity contribution in [2.75, 3.05) is 13.1 Å². The first-order chi connectivity index (χ1) is 14.6. The molecule has 158 valence electrons. The highest BCUT2D eigenvalue weighted by Crippen LogP contribution is 2.20. The second-order valence-corrected chi connectivity index (χ2v) is 7.65. The summed E-state index contributed by atoms with van der Waals surface area (Å²) in [7, 11) is 1.98. The Kier molecular flexibility index (Phi) is 7.66. The van der Waals surface area contributed by atoms with E-state index >= 15 is 0 Å². The maximum atomic E-state index is 4.83. The fourth-order valence-corrected chi connectivity index (χ4v) is 3.70. The monoisotopic (exact) mass is 403 g/mol. The molecule has 5 nitrogen and oxygen atoms in total. The van der Waals surface area contributed by atoms with Crippen LogP contribution >= 0.6 is 0 Å². The topological polar surface area (TPSA) is 54.2 Å². The third kappa shape index (κ3) is 5.72. The van der Waals surface area contributed by atoms with Crippen LogP contribution in [0.5, 0.6) is 0 Å². The standard InChI is InChI=1S/C25H33N5/c1-5-26-25(28-18-24-19(2)29-30(4)20(24)3)27-17-23(22-14-10-7-11-15-22)16-21-12-8-6-9-13-21/h6-15,23H,5,16-18H2,1-4H3,(H2,26,27,28). The number of guanidine groups is 1. The molecule has 0 fully saturated rings. The van der Waals surface area contributed by atoms with E-state index in [1.165, 1.54) is 22.4 Å². The quantitative estimate of drug-likeness (QED) is 0.439. The first-order valence-corrected chi connectivity index (χ1v) is 10.7. The molecule has 0 amide bonds. The highest BCUT2D eigenvalue weighted by molar-refractivity contribution is 5.79. The maximum absolute atomic E-state index is 4.83. The van der Waals surface area contributed by atoms with Gasteiger partial charge in [-0.1, -0.05) is 60.7 Å². The maximum Gasteiger partial charge on any atom is 0.191 e. The Labute approximate surface area is 180 Å². The zero-order valence-electron chi connectivity index (χ0n) is 18.5. The molecular formula is C25H33N5. The van der Waals surface area contributed by atoms with E-state index < -0.39 is 0 Å². The molecule has 30 heavy (non-hydrogen) atoms. The van der Waals surface area contributed by atoms with E-state index in [-0.39, 0.29) is 0 Å². The Morgan fingerprint density at radius 1 is 1.00 bits per heavy atom. The molecular weight excluding hydrogens is 370 g/mol. The molecule has 3 aromatic rings. The van der Waals surface area contributed by atoms with Crippen LogP contribution in [0.2, 0.25) is 0 Å². The third-order valence-electron chi connectivity index (χ3n) is 5.51. The van der Waals surface area contributed by atoms with E-state index in [2.05, 4.69) is 90.2 Å². The highest BCUT2D eigenvalue weighted by Gasteiger charge is 2.14. The Morgan fingerprint density at radius 3 is 2.27 bits per heavy atom. The predicted octanol–water partition coefficient (Wildman–Crippen LogP) is 4.12. The molecule has 0 saturated carbocycles. The normalized spacial score (nSPS) is 12.6. The zero-order chi connectivity index (χ0) is 21.3. The lowest BCUT2D eigenvalue weighted by Gasteiger charge is -2.20. The first kappa shape index (κ1) is 21.6. The summed E-state index contributed by atoms with van der Waals surface area (Å²) < 4.78 is 1.92. The van der Waals surface area contributed by atoms with Crippen LogP contribution in [-0.4, -0.2) is 28.8 Å². The van der Waals surface area contributed by atoms with Gasteiger partial charge in [0.15, 0.2) is 5.96 Å². The van der Waals surface area contributed by atoms with Crippen molar-refractivity contribution in [3.8, 4) is 0 Å². The SMILES string of the molecule is CCNC(=NCc1c(C)nn(C)c1C)NCC(Cc1ccccc1)c1ccccc1. The number of aryl methyl sites for hydroxylation is 2. The molecule has 3 rings (SSSR count). The Hall–Kier alpha value is -3.08. The third-order valence-corrected chi connectivity index (χ3v) is 5.51. The first-order valence-electron chi connectivity index (χ1n) is 10.7. The summed E-state index contributed by atoms with van der Waals surface area (Å²) in [6.45, 7) is 8.49. The van der Waals surface area contributed by atoms with E-state index in [9.17, 15) is 0 Å². The van der Waals surface area contributed by atoms with E-state index in [4.69, 9.17) is 4.99 Å². The van der Waals surface area contributed by atoms with Crippen LogP contribution in [0.15, 0.2) is 65.7 Å². The molecule has 0 spiro atoms. The molecule has 1 heterocycles. The summed E-state index contributed by atoms with van der Waals surface area (Å²) in [6.07, 6.45) is 0.984. The van der Waals surface area contributed by atoms with E-state index in [1.807, 2.05) is 18.7 Å². The second-order valence-electron chi connectivity index (χ2n) is 7.65. The van der Waals surface area contributed by atoms with Gasteiger partial charge in [0, 0.05) is 37.3 Å². The largest absolute Gasteiger partial charge is 0.357 e. The average molecular weight is 404 g/mol. The van der Waals surface area contributed by atoms with Crippen molar-refractivity contribution in [3.05, 3.63) is 88.7 Å². The van der Waals surface area contributed by atoms with Crippen LogP contribution in [0.25, 0.3) is 0 Å². The lowest BCUT2D eigenvalue weighted by molar-refractivity contribution is 0.645. The van der Waals surface area contributed by atoms with Crippen LogP contribution in [0.3, 0.4) is 0 Å². The molecule has 0 bridgehead atoms. The number of nitrogens with one attached hydrogen (secondary N) is 2. The van der Waals surface area contributed by atoms with Crippen molar-refractivity contribution in [1.82, 2.24) is 20.4 Å². The Bertz CT molecular complexity index is 944. The van der Waals surface area contributed by atoms with Crippen LogP contribution in [0, 0.1) is 13.8 Å². The van der Waals surface area contributed by atoms with Crippen molar-refractivity contribution < 1.29 is 0 Å². The van der Waals surface area contributed by atoms with Crippen molar-refractivity contribution in [3.63, 3.8) is 0 Å². The van der Waals surface area contributed by atoms with Gasteiger partial charge in [-0.3, -0.25) is 4.68 Å². The van der Waals surface area contributed by atoms with Gasteiger partial charge in [-0.05, 0) is 38.3 Å². The number of benzene rings is 2. The molecule has 5 heteroatoms. The molecule has 0 saturated heterocycles. The smallest absolute Gasteiger partial charge is 0.191 e. The number of aromatic nitrogens is 2. The molecule has 2 N–H and O–H groups in total. The molecule has 2 aromatic carbocycles. The molecule has 0 aliphatic rings. The minimum absolute atomic E-state index is 0.360. The fraction of sp³-hybridized carbons (Fsp3) is 0.360. The van der Waals surface area contributed by atoms with Crippen LogP contribution < -0.4 is 10.6 Å². The van der Waals surface area contributed by atoms with Gasteiger partial charge in [-0.2, -0.15) is 5.10 Å². The van der Waals surface area contributed by atoms with Crippen molar-refractivity contribution >= 4 is 5.96 Å². The van der Waals surface area contributed by atoms with E-state index in [1.54, 1.807) is 0 Å². The van der Waals surface area contributed by atoms with Crippen molar-refractivity contribution in [1.29, 1.82) is 0 Å². The number of aliphatic imine (C=N–C) groups is 1. The minimum Gasteiger partial charge on any atom is -0.357 e. The van der Waals surface area contributed by atoms with Crippen LogP contribution in [0.4, 0.5) is 0 Å². The number of nitrogens with zero attached hydrogens (tertiary/aromatic N) is 3. The van der Waals surface area contributed by atoms with Crippen LogP contribution in [0.1, 0.15) is 40.9 Å². The highest BCUT2D eigenvalue weighted by atomic mass is 15.3. The molecule has 1 aromatic heterocycles. The van der Waals surface area contributed by atoms with Crippen molar-refractivity contribution in [2.24, 2.45) is 12.0 Å². The van der Waals surface area contributed by atoms with Gasteiger partial charge >= 0.3 is 0 Å². The molecule has 1 atom stereocenters. The van der Waals surface area contributed by atoms with E-state index in [0.717, 1.165) is 31.2 Å². The fourth-order valence-electron chi connectivity index (χ4n) is 3.70. The van der Waals surface area contributed by atoms with Gasteiger partial charge in [0.05, 0.1) is 12.2 Å². The minimum atomic E-state index is 0.360. The number of rotatable bonds is 8.